The SMILES string of the molecule is Cn1ncc2nc(C(=O)O)c(C(=O)O)cc21. The number of pyridine rings is 1. The first-order chi connectivity index (χ1) is 7.50. The van der Waals surface area contributed by atoms with Crippen LogP contribution in [0.25, 0.3) is 11.0 Å². The predicted molar refractivity (Wildman–Crippen MR) is 52.4 cm³/mol. The Bertz CT molecular complexity index is 602. The van der Waals surface area contributed by atoms with Gasteiger partial charge in [-0.3, -0.25) is 4.68 Å². The molecule has 7 heteroatoms. The van der Waals surface area contributed by atoms with E-state index in [9.17, 15) is 9.59 Å². The third kappa shape index (κ3) is 1.38. The van der Waals surface area contributed by atoms with Crippen molar-refractivity contribution in [3.63, 3.8) is 0 Å². The fourth-order valence-corrected chi connectivity index (χ4v) is 1.40. The Hall–Kier alpha value is -2.44. The van der Waals surface area contributed by atoms with E-state index in [4.69, 9.17) is 10.2 Å². The van der Waals surface area contributed by atoms with E-state index < -0.39 is 17.6 Å². The topological polar surface area (TPSA) is 105 Å². The number of hydrogen-bond donors (Lipinski definition) is 2. The maximum Gasteiger partial charge on any atom is 0.355 e. The molecule has 0 aromatic carbocycles. The third-order valence-corrected chi connectivity index (χ3v) is 2.17. The average Bonchev–Trinajstić information content (AvgIpc) is 2.58. The van der Waals surface area contributed by atoms with E-state index in [-0.39, 0.29) is 5.56 Å². The van der Waals surface area contributed by atoms with E-state index in [0.29, 0.717) is 11.0 Å². The molecule has 0 aliphatic carbocycles. The first kappa shape index (κ1) is 10.1. The molecular formula is C9H7N3O4. The lowest BCUT2D eigenvalue weighted by molar-refractivity contribution is 0.0647. The van der Waals surface area contributed by atoms with Crippen LogP contribution in [-0.2, 0) is 7.05 Å². The Balaban J connectivity index is 2.83. The Labute approximate surface area is 88.9 Å². The molecule has 0 atom stereocenters. The zero-order chi connectivity index (χ0) is 11.9. The van der Waals surface area contributed by atoms with Gasteiger partial charge in [0.1, 0.15) is 5.52 Å². The minimum absolute atomic E-state index is 0.344. The van der Waals surface area contributed by atoms with Crippen LogP contribution in [0.4, 0.5) is 0 Å². The molecule has 0 saturated carbocycles. The second kappa shape index (κ2) is 3.30. The van der Waals surface area contributed by atoms with Gasteiger partial charge in [0.25, 0.3) is 0 Å². The van der Waals surface area contributed by atoms with E-state index >= 15 is 0 Å². The van der Waals surface area contributed by atoms with E-state index in [1.165, 1.54) is 16.9 Å². The van der Waals surface area contributed by atoms with Crippen molar-refractivity contribution in [1.29, 1.82) is 0 Å². The summed E-state index contributed by atoms with van der Waals surface area (Å²) in [6.07, 6.45) is 1.38. The van der Waals surface area contributed by atoms with Gasteiger partial charge in [0.15, 0.2) is 5.69 Å². The van der Waals surface area contributed by atoms with Gasteiger partial charge in [0.2, 0.25) is 0 Å². The Morgan fingerprint density at radius 3 is 2.56 bits per heavy atom. The Kier molecular flexibility index (Phi) is 2.08. The molecule has 2 rings (SSSR count). The molecule has 0 saturated heterocycles. The minimum atomic E-state index is -1.37. The summed E-state index contributed by atoms with van der Waals surface area (Å²) in [6.45, 7) is 0. The number of carboxylic acids is 2. The lowest BCUT2D eigenvalue weighted by Crippen LogP contribution is -2.10. The number of aromatic nitrogens is 3. The Morgan fingerprint density at radius 2 is 2.00 bits per heavy atom. The highest BCUT2D eigenvalue weighted by atomic mass is 16.4. The summed E-state index contributed by atoms with van der Waals surface area (Å²) < 4.78 is 1.43. The molecule has 2 heterocycles. The average molecular weight is 221 g/mol. The van der Waals surface area contributed by atoms with Crippen LogP contribution in [0.5, 0.6) is 0 Å². The number of carboxylic acid groups (broad SMARTS) is 2. The second-order valence-corrected chi connectivity index (χ2v) is 3.17. The number of nitrogens with zero attached hydrogens (tertiary/aromatic N) is 3. The van der Waals surface area contributed by atoms with Gasteiger partial charge < -0.3 is 10.2 Å². The highest BCUT2D eigenvalue weighted by Crippen LogP contribution is 2.16. The number of aryl methyl sites for hydroxylation is 1. The number of carbonyl (C=O) groups is 2. The minimum Gasteiger partial charge on any atom is -0.478 e. The van der Waals surface area contributed by atoms with Crippen molar-refractivity contribution >= 4 is 23.0 Å². The van der Waals surface area contributed by atoms with Crippen molar-refractivity contribution < 1.29 is 19.8 Å². The van der Waals surface area contributed by atoms with Crippen molar-refractivity contribution in [2.75, 3.05) is 0 Å². The molecule has 0 spiro atoms. The highest BCUT2D eigenvalue weighted by molar-refractivity contribution is 6.02. The molecule has 2 N–H and O–H groups in total. The van der Waals surface area contributed by atoms with Crippen LogP contribution in [0.3, 0.4) is 0 Å². The molecule has 0 fully saturated rings. The van der Waals surface area contributed by atoms with Crippen LogP contribution in [0.15, 0.2) is 12.3 Å². The molecule has 0 amide bonds. The maximum absolute atomic E-state index is 10.9. The van der Waals surface area contributed by atoms with Gasteiger partial charge in [-0.05, 0) is 6.07 Å². The summed E-state index contributed by atoms with van der Waals surface area (Å²) in [6, 6.07) is 1.25. The molecular weight excluding hydrogens is 214 g/mol. The summed E-state index contributed by atoms with van der Waals surface area (Å²) in [5.74, 6) is -2.70. The van der Waals surface area contributed by atoms with Gasteiger partial charge in [-0.15, -0.1) is 0 Å². The highest BCUT2D eigenvalue weighted by Gasteiger charge is 2.19. The molecule has 16 heavy (non-hydrogen) atoms. The first-order valence-corrected chi connectivity index (χ1v) is 4.30. The molecule has 2 aromatic rings. The van der Waals surface area contributed by atoms with Gasteiger partial charge in [0.05, 0.1) is 17.3 Å². The molecule has 0 aliphatic heterocycles. The molecule has 7 nitrogen and oxygen atoms in total. The molecule has 82 valence electrons. The van der Waals surface area contributed by atoms with Gasteiger partial charge in [0, 0.05) is 7.05 Å². The van der Waals surface area contributed by atoms with E-state index in [1.807, 2.05) is 0 Å². The third-order valence-electron chi connectivity index (χ3n) is 2.17. The molecule has 0 radical (unpaired) electrons. The van der Waals surface area contributed by atoms with Crippen LogP contribution in [-0.4, -0.2) is 36.9 Å². The second-order valence-electron chi connectivity index (χ2n) is 3.17. The van der Waals surface area contributed by atoms with Crippen molar-refractivity contribution in [2.24, 2.45) is 7.05 Å². The summed E-state index contributed by atoms with van der Waals surface area (Å²) in [5, 5.41) is 21.6. The monoisotopic (exact) mass is 221 g/mol. The van der Waals surface area contributed by atoms with E-state index in [1.54, 1.807) is 7.05 Å². The lowest BCUT2D eigenvalue weighted by Gasteiger charge is -2.01. The smallest absolute Gasteiger partial charge is 0.355 e. The molecule has 2 aromatic heterocycles. The summed E-state index contributed by atoms with van der Waals surface area (Å²) in [7, 11) is 1.62. The fraction of sp³-hybridized carbons (Fsp3) is 0.111. The van der Waals surface area contributed by atoms with E-state index in [2.05, 4.69) is 10.1 Å². The summed E-state index contributed by atoms with van der Waals surface area (Å²) >= 11 is 0. The number of hydrogen-bond acceptors (Lipinski definition) is 4. The van der Waals surface area contributed by atoms with Gasteiger partial charge in [-0.25, -0.2) is 14.6 Å². The van der Waals surface area contributed by atoms with Crippen LogP contribution in [0.2, 0.25) is 0 Å². The molecule has 0 unspecified atom stereocenters. The van der Waals surface area contributed by atoms with Crippen LogP contribution < -0.4 is 0 Å². The standard InChI is InChI=1S/C9H7N3O4/c1-12-6-2-4(8(13)14)7(9(15)16)11-5(6)3-10-12/h2-3H,1H3,(H,13,14)(H,15,16). The van der Waals surface area contributed by atoms with Crippen molar-refractivity contribution in [3.05, 3.63) is 23.5 Å². The first-order valence-electron chi connectivity index (χ1n) is 4.30. The van der Waals surface area contributed by atoms with Gasteiger partial charge in [-0.2, -0.15) is 5.10 Å². The van der Waals surface area contributed by atoms with Crippen molar-refractivity contribution in [1.82, 2.24) is 14.8 Å². The van der Waals surface area contributed by atoms with Crippen LogP contribution in [0, 0.1) is 0 Å². The number of fused-ring (bicyclic) bond motifs is 1. The Morgan fingerprint density at radius 1 is 1.31 bits per heavy atom. The zero-order valence-electron chi connectivity index (χ0n) is 8.21. The fourth-order valence-electron chi connectivity index (χ4n) is 1.40. The van der Waals surface area contributed by atoms with Gasteiger partial charge in [-0.1, -0.05) is 0 Å². The summed E-state index contributed by atoms with van der Waals surface area (Å²) in [5.41, 5.74) is 0.00361. The van der Waals surface area contributed by atoms with Crippen molar-refractivity contribution in [2.45, 2.75) is 0 Å². The number of aromatic carboxylic acids is 2. The lowest BCUT2D eigenvalue weighted by atomic mass is 10.1. The zero-order valence-corrected chi connectivity index (χ0v) is 8.21. The maximum atomic E-state index is 10.9. The number of rotatable bonds is 2. The van der Waals surface area contributed by atoms with Crippen LogP contribution >= 0.6 is 0 Å². The quantitative estimate of drug-likeness (QED) is 0.758. The van der Waals surface area contributed by atoms with Crippen LogP contribution in [0.1, 0.15) is 20.8 Å². The molecule has 0 aliphatic rings. The van der Waals surface area contributed by atoms with Crippen molar-refractivity contribution in [3.8, 4) is 0 Å². The predicted octanol–water partition coefficient (Wildman–Crippen LogP) is 0.365. The summed E-state index contributed by atoms with van der Waals surface area (Å²) in [4.78, 5) is 25.4. The normalized spacial score (nSPS) is 10.6. The molecule has 0 bridgehead atoms. The largest absolute Gasteiger partial charge is 0.478 e. The van der Waals surface area contributed by atoms with E-state index in [0.717, 1.165) is 0 Å². The van der Waals surface area contributed by atoms with Gasteiger partial charge >= 0.3 is 11.9 Å².